The first kappa shape index (κ1) is 17.5. The molecule has 0 fully saturated rings. The van der Waals surface area contributed by atoms with Crippen molar-refractivity contribution < 1.29 is 33.6 Å². The molecule has 0 heterocycles. The van der Waals surface area contributed by atoms with Crippen LogP contribution in [0.25, 0.3) is 0 Å². The summed E-state index contributed by atoms with van der Waals surface area (Å²) in [5.41, 5.74) is 0. The van der Waals surface area contributed by atoms with Gasteiger partial charge in [-0.15, -0.1) is 0 Å². The number of carbonyl (C=O) groups is 2. The van der Waals surface area contributed by atoms with Crippen LogP contribution >= 0.6 is 0 Å². The van der Waals surface area contributed by atoms with E-state index in [2.05, 4.69) is 17.4 Å². The average Bonchev–Trinajstić information content (AvgIpc) is 2.28. The number of rotatable bonds is 6. The van der Waals surface area contributed by atoms with Gasteiger partial charge in [0, 0.05) is 0 Å². The van der Waals surface area contributed by atoms with Crippen molar-refractivity contribution in [1.82, 2.24) is 5.32 Å². The molecule has 0 radical (unpaired) electrons. The third-order valence-electron chi connectivity index (χ3n) is 2.08. The van der Waals surface area contributed by atoms with Gasteiger partial charge in [0.15, 0.2) is 0 Å². The van der Waals surface area contributed by atoms with Crippen molar-refractivity contribution in [2.75, 3.05) is 0 Å². The Kier molecular flexibility index (Phi) is 9.24. The molecule has 6 heteroatoms. The van der Waals surface area contributed by atoms with Crippen LogP contribution in [0.4, 0.5) is 0 Å². The predicted octanol–water partition coefficient (Wildman–Crippen LogP) is -3.92. The van der Waals surface area contributed by atoms with Gasteiger partial charge in [0.05, 0.1) is 0 Å². The number of nitrogens with one attached hydrogen (secondary N) is 1. The number of hydrogen-bond donors (Lipinski definition) is 1. The largest absolute Gasteiger partial charge is 1.00 e. The molecular formula is C12H14LiNO3Te. The fourth-order valence-corrected chi connectivity index (χ4v) is 3.99. The Morgan fingerprint density at radius 1 is 1.33 bits per heavy atom. The van der Waals surface area contributed by atoms with Crippen LogP contribution in [0.15, 0.2) is 30.3 Å². The molecule has 92 valence electrons. The molecule has 4 nitrogen and oxygen atoms in total. The average molecular weight is 355 g/mol. The maximum absolute atomic E-state index is 10.8. The van der Waals surface area contributed by atoms with E-state index in [0.717, 1.165) is 4.47 Å². The van der Waals surface area contributed by atoms with Crippen molar-refractivity contribution in [2.45, 2.75) is 23.9 Å². The number of carbonyl (C=O) groups excluding carboxylic acids is 2. The fourth-order valence-electron chi connectivity index (χ4n) is 1.31. The van der Waals surface area contributed by atoms with Crippen LogP contribution < -0.4 is 32.9 Å². The maximum Gasteiger partial charge on any atom is 1.00 e. The molecule has 0 aromatic heterocycles. The Morgan fingerprint density at radius 3 is 2.44 bits per heavy atom. The molecule has 1 amide bonds. The van der Waals surface area contributed by atoms with Gasteiger partial charge < -0.3 is 0 Å². The first-order valence-corrected chi connectivity index (χ1v) is 8.06. The number of aliphatic carboxylic acids is 1. The van der Waals surface area contributed by atoms with E-state index in [1.165, 1.54) is 10.5 Å². The van der Waals surface area contributed by atoms with Crippen molar-refractivity contribution in [2.24, 2.45) is 0 Å². The Labute approximate surface area is 129 Å². The summed E-state index contributed by atoms with van der Waals surface area (Å²) in [4.78, 5) is 21.6. The summed E-state index contributed by atoms with van der Waals surface area (Å²) in [6.45, 7) is 1.31. The molecule has 18 heavy (non-hydrogen) atoms. The summed E-state index contributed by atoms with van der Waals surface area (Å²) < 4.78 is 2.12. The van der Waals surface area contributed by atoms with E-state index in [0.29, 0.717) is 6.42 Å². The van der Waals surface area contributed by atoms with Gasteiger partial charge >= 0.3 is 129 Å². The molecule has 1 aromatic carbocycles. The van der Waals surface area contributed by atoms with Crippen LogP contribution in [-0.2, 0) is 9.59 Å². The summed E-state index contributed by atoms with van der Waals surface area (Å²) in [5.74, 6) is -1.54. The molecule has 1 atom stereocenters. The second-order valence-corrected chi connectivity index (χ2v) is 6.86. The molecule has 0 aliphatic carbocycles. The molecule has 0 saturated carbocycles. The van der Waals surface area contributed by atoms with E-state index in [1.807, 2.05) is 18.2 Å². The summed E-state index contributed by atoms with van der Waals surface area (Å²) in [6.07, 6.45) is 0.443. The zero-order valence-corrected chi connectivity index (χ0v) is 12.8. The van der Waals surface area contributed by atoms with Gasteiger partial charge in [-0.05, 0) is 0 Å². The minimum atomic E-state index is -1.21. The quantitative estimate of drug-likeness (QED) is 0.531. The predicted molar refractivity (Wildman–Crippen MR) is 63.9 cm³/mol. The molecule has 0 spiro atoms. The van der Waals surface area contributed by atoms with Crippen molar-refractivity contribution in [1.29, 1.82) is 0 Å². The number of amides is 1. The van der Waals surface area contributed by atoms with Crippen LogP contribution in [0.5, 0.6) is 0 Å². The molecule has 1 rings (SSSR count). The maximum atomic E-state index is 10.8. The van der Waals surface area contributed by atoms with Crippen molar-refractivity contribution in [3.05, 3.63) is 30.3 Å². The molecule has 1 N–H and O–H groups in total. The number of hydrogen-bond acceptors (Lipinski definition) is 3. The van der Waals surface area contributed by atoms with E-state index < -0.39 is 12.0 Å². The Balaban J connectivity index is 0.00000289. The Hall–Kier alpha value is -0.453. The van der Waals surface area contributed by atoms with Gasteiger partial charge in [-0.3, -0.25) is 0 Å². The standard InChI is InChI=1S/C12H15NO3Te.Li/c1-9(14)13-11(12(15)16)7-8-17-10-5-3-2-4-6-10;/h2-6,11H,7-8H2,1H3,(H,13,14)(H,15,16);/q;+1/p-1. The number of benzene rings is 1. The Morgan fingerprint density at radius 2 is 1.94 bits per heavy atom. The normalized spacial score (nSPS) is 11.2. The molecular weight excluding hydrogens is 341 g/mol. The SMILES string of the molecule is CC(=O)NC(CC[Te]c1ccccc1)C(=O)[O-].[Li+]. The minimum absolute atomic E-state index is 0. The second kappa shape index (κ2) is 9.47. The topological polar surface area (TPSA) is 69.2 Å². The van der Waals surface area contributed by atoms with Crippen molar-refractivity contribution in [3.63, 3.8) is 0 Å². The third-order valence-corrected chi connectivity index (χ3v) is 5.06. The van der Waals surface area contributed by atoms with Crippen LogP contribution in [0.3, 0.4) is 0 Å². The van der Waals surface area contributed by atoms with E-state index in [1.54, 1.807) is 0 Å². The van der Waals surface area contributed by atoms with Gasteiger partial charge in [0.1, 0.15) is 0 Å². The first-order chi connectivity index (χ1) is 8.09. The third kappa shape index (κ3) is 7.09. The minimum Gasteiger partial charge on any atom is 1.00 e. The zero-order chi connectivity index (χ0) is 12.7. The van der Waals surface area contributed by atoms with Gasteiger partial charge in [-0.25, -0.2) is 0 Å². The summed E-state index contributed by atoms with van der Waals surface area (Å²) in [5, 5.41) is 13.2. The van der Waals surface area contributed by atoms with E-state index in [4.69, 9.17) is 0 Å². The van der Waals surface area contributed by atoms with E-state index in [9.17, 15) is 14.7 Å². The molecule has 1 aromatic rings. The van der Waals surface area contributed by atoms with E-state index in [-0.39, 0.29) is 45.7 Å². The smallest absolute Gasteiger partial charge is 1.00 e. The second-order valence-electron chi connectivity index (χ2n) is 3.52. The van der Waals surface area contributed by atoms with Crippen LogP contribution in [0, 0.1) is 0 Å². The molecule has 1 unspecified atom stereocenters. The van der Waals surface area contributed by atoms with Crippen molar-refractivity contribution in [3.8, 4) is 0 Å². The summed E-state index contributed by atoms with van der Waals surface area (Å²) >= 11 is -0.382. The monoisotopic (exact) mass is 357 g/mol. The van der Waals surface area contributed by atoms with Crippen LogP contribution in [0.1, 0.15) is 13.3 Å². The zero-order valence-electron chi connectivity index (χ0n) is 10.5. The molecule has 0 saturated heterocycles. The molecule has 0 aliphatic heterocycles. The first-order valence-electron chi connectivity index (χ1n) is 5.25. The number of carboxylic acid groups (broad SMARTS) is 1. The van der Waals surface area contributed by atoms with Gasteiger partial charge in [0.25, 0.3) is 0 Å². The van der Waals surface area contributed by atoms with E-state index >= 15 is 0 Å². The van der Waals surface area contributed by atoms with Crippen LogP contribution in [-0.4, -0.2) is 38.8 Å². The summed E-state index contributed by atoms with van der Waals surface area (Å²) in [6, 6.07) is 9.15. The van der Waals surface area contributed by atoms with Gasteiger partial charge in [0.2, 0.25) is 0 Å². The van der Waals surface area contributed by atoms with Gasteiger partial charge in [-0.1, -0.05) is 0 Å². The van der Waals surface area contributed by atoms with Crippen LogP contribution in [0.2, 0.25) is 4.47 Å². The molecule has 0 aliphatic rings. The fraction of sp³-hybridized carbons (Fsp3) is 0.333. The Bertz CT molecular complexity index is 386. The summed E-state index contributed by atoms with van der Waals surface area (Å²) in [7, 11) is 0. The van der Waals surface area contributed by atoms with Crippen molar-refractivity contribution >= 4 is 36.4 Å². The molecule has 0 bridgehead atoms. The number of carboxylic acids is 1. The van der Waals surface area contributed by atoms with Gasteiger partial charge in [-0.2, -0.15) is 0 Å².